The number of likely N-dealkylation sites (tertiary alicyclic amines) is 1. The molecule has 1 fully saturated rings. The van der Waals surface area contributed by atoms with Crippen LogP contribution in [0.3, 0.4) is 0 Å². The van der Waals surface area contributed by atoms with Gasteiger partial charge in [-0.15, -0.1) is 0 Å². The zero-order valence-corrected chi connectivity index (χ0v) is 16.2. The van der Waals surface area contributed by atoms with E-state index < -0.39 is 63.2 Å². The molecule has 2 N–H and O–H groups in total. The summed E-state index contributed by atoms with van der Waals surface area (Å²) in [4.78, 5) is 15.1. The van der Waals surface area contributed by atoms with Crippen LogP contribution in [-0.4, -0.2) is 54.8 Å². The molecule has 2 aliphatic heterocycles. The molecule has 0 aliphatic carbocycles. The van der Waals surface area contributed by atoms with Gasteiger partial charge in [-0.05, 0) is 50.0 Å². The molecular formula is C23H36N2O4. The minimum atomic E-state index is -4.05. The van der Waals surface area contributed by atoms with Crippen LogP contribution in [0.15, 0.2) is 18.2 Å². The molecule has 29 heavy (non-hydrogen) atoms. The Morgan fingerprint density at radius 1 is 1.21 bits per heavy atom. The second kappa shape index (κ2) is 11.4. The predicted octanol–water partition coefficient (Wildman–Crippen LogP) is 3.43. The first-order valence-electron chi connectivity index (χ1n) is 16.2. The summed E-state index contributed by atoms with van der Waals surface area (Å²) in [5.41, 5.74) is 0.360. The van der Waals surface area contributed by atoms with E-state index in [-0.39, 0.29) is 6.54 Å². The Morgan fingerprint density at radius 2 is 1.97 bits per heavy atom. The molecule has 0 unspecified atom stereocenters. The third kappa shape index (κ3) is 6.61. The van der Waals surface area contributed by atoms with Gasteiger partial charge in [0.1, 0.15) is 19.3 Å². The largest absolute Gasteiger partial charge is 0.486 e. The molecule has 0 saturated carbocycles. The lowest BCUT2D eigenvalue weighted by Crippen LogP contribution is -2.46. The Labute approximate surface area is 192 Å². The summed E-state index contributed by atoms with van der Waals surface area (Å²) in [5.74, 6) is -0.258. The number of aliphatic hydroxyl groups is 1. The summed E-state index contributed by atoms with van der Waals surface area (Å²) in [6.45, 7) is -1.53. The van der Waals surface area contributed by atoms with Gasteiger partial charge in [0.15, 0.2) is 11.5 Å². The molecule has 0 bridgehead atoms. The van der Waals surface area contributed by atoms with Gasteiger partial charge in [0.2, 0.25) is 5.91 Å². The number of carbonyl (C=O) groups excluding carboxylic acids is 1. The molecule has 6 heteroatoms. The van der Waals surface area contributed by atoms with Crippen molar-refractivity contribution in [2.75, 3.05) is 32.8 Å². The summed E-state index contributed by atoms with van der Waals surface area (Å²) in [7, 11) is 0. The van der Waals surface area contributed by atoms with Crippen LogP contribution >= 0.6 is 0 Å². The number of fused-ring (bicyclic) bond motifs is 1. The smallest absolute Gasteiger partial charge is 0.220 e. The Hall–Kier alpha value is -1.79. The Kier molecular flexibility index (Phi) is 4.13. The number of rotatable bonds is 11. The summed E-state index contributed by atoms with van der Waals surface area (Å²) >= 11 is 0. The van der Waals surface area contributed by atoms with E-state index in [1.807, 2.05) is 4.90 Å². The fourth-order valence-corrected chi connectivity index (χ4v) is 3.43. The Balaban J connectivity index is 1.84. The van der Waals surface area contributed by atoms with E-state index >= 15 is 0 Å². The van der Waals surface area contributed by atoms with Gasteiger partial charge < -0.3 is 24.8 Å². The fourth-order valence-electron chi connectivity index (χ4n) is 3.43. The lowest BCUT2D eigenvalue weighted by atomic mass is 10.0. The van der Waals surface area contributed by atoms with Gasteiger partial charge in [-0.2, -0.15) is 0 Å². The molecule has 0 aromatic heterocycles. The number of hydrogen-bond donors (Lipinski definition) is 2. The first-order valence-corrected chi connectivity index (χ1v) is 9.66. The van der Waals surface area contributed by atoms with Gasteiger partial charge in [-0.3, -0.25) is 4.79 Å². The van der Waals surface area contributed by atoms with Crippen molar-refractivity contribution >= 4 is 5.91 Å². The van der Waals surface area contributed by atoms with E-state index in [4.69, 9.17) is 27.3 Å². The Bertz CT molecular complexity index is 1120. The first kappa shape index (κ1) is 10.5. The number of nitrogens with one attached hydrogen (secondary N) is 1. The lowest BCUT2D eigenvalue weighted by molar-refractivity contribution is -0.123. The molecule has 0 radical (unpaired) electrons. The first-order chi connectivity index (χ1) is 19.1. The second-order valence-corrected chi connectivity index (χ2v) is 6.88. The zero-order chi connectivity index (χ0) is 31.9. The molecule has 162 valence electrons. The average molecular weight is 418 g/mol. The van der Waals surface area contributed by atoms with E-state index in [9.17, 15) is 9.90 Å². The number of aliphatic hydroxyl groups excluding tert-OH is 1. The quantitative estimate of drug-likeness (QED) is 0.577. The topological polar surface area (TPSA) is 71.0 Å². The maximum absolute atomic E-state index is 13.1. The van der Waals surface area contributed by atoms with E-state index in [2.05, 4.69) is 5.32 Å². The second-order valence-electron chi connectivity index (χ2n) is 6.88. The number of amides is 1. The van der Waals surface area contributed by atoms with Crippen molar-refractivity contribution in [3.05, 3.63) is 23.8 Å². The average Bonchev–Trinajstić information content (AvgIpc) is 3.39. The molecule has 2 heterocycles. The van der Waals surface area contributed by atoms with Crippen molar-refractivity contribution in [3.63, 3.8) is 0 Å². The highest BCUT2D eigenvalue weighted by Crippen LogP contribution is 2.33. The monoisotopic (exact) mass is 417 g/mol. The minimum Gasteiger partial charge on any atom is -0.486 e. The van der Waals surface area contributed by atoms with Crippen molar-refractivity contribution in [1.82, 2.24) is 10.2 Å². The normalized spacial score (nSPS) is 28.0. The SMILES string of the molecule is [2H]C([2H])([2H])C([2H])([2H])C([2H])([2H])C([2H])([2H])C([2H])([2H])C([2H])([2H])CC(=O)N[C@H](CN1CCCC1)[C@H](O)c1ccc2c(c1)OCCO2. The van der Waals surface area contributed by atoms with Crippen molar-refractivity contribution in [2.45, 2.75) is 70.1 Å². The maximum atomic E-state index is 13.1. The molecule has 1 aromatic rings. The summed E-state index contributed by atoms with van der Waals surface area (Å²) < 4.78 is 113. The van der Waals surface area contributed by atoms with Gasteiger partial charge in [0.25, 0.3) is 0 Å². The zero-order valence-electron chi connectivity index (χ0n) is 29.2. The predicted molar refractivity (Wildman–Crippen MR) is 113 cm³/mol. The van der Waals surface area contributed by atoms with Crippen LogP contribution in [0.25, 0.3) is 0 Å². The van der Waals surface area contributed by atoms with Crippen LogP contribution in [0.5, 0.6) is 11.5 Å². The van der Waals surface area contributed by atoms with E-state index in [1.165, 1.54) is 0 Å². The molecule has 1 amide bonds. The highest BCUT2D eigenvalue weighted by atomic mass is 16.6. The van der Waals surface area contributed by atoms with Crippen LogP contribution in [0.2, 0.25) is 0 Å². The van der Waals surface area contributed by atoms with Crippen molar-refractivity contribution in [1.29, 1.82) is 0 Å². The lowest BCUT2D eigenvalue weighted by Gasteiger charge is -2.29. The molecule has 3 rings (SSSR count). The Morgan fingerprint density at radius 3 is 2.76 bits per heavy atom. The number of benzene rings is 1. The number of hydrogen-bond acceptors (Lipinski definition) is 5. The van der Waals surface area contributed by atoms with Crippen LogP contribution in [0, 0.1) is 0 Å². The van der Waals surface area contributed by atoms with Gasteiger partial charge in [0.05, 0.1) is 6.04 Å². The van der Waals surface area contributed by atoms with Gasteiger partial charge in [-0.25, -0.2) is 0 Å². The van der Waals surface area contributed by atoms with Gasteiger partial charge >= 0.3 is 0 Å². The van der Waals surface area contributed by atoms with Crippen LogP contribution in [-0.2, 0) is 4.79 Å². The third-order valence-corrected chi connectivity index (χ3v) is 4.81. The number of ether oxygens (including phenoxy) is 2. The van der Waals surface area contributed by atoms with E-state index in [0.717, 1.165) is 12.8 Å². The molecule has 6 nitrogen and oxygen atoms in total. The van der Waals surface area contributed by atoms with Gasteiger partial charge in [0, 0.05) is 30.8 Å². The summed E-state index contributed by atoms with van der Waals surface area (Å²) in [6.07, 6.45) is -20.2. The van der Waals surface area contributed by atoms with Crippen molar-refractivity contribution < 1.29 is 37.2 Å². The van der Waals surface area contributed by atoms with Gasteiger partial charge in [-0.1, -0.05) is 38.4 Å². The number of carbonyl (C=O) groups is 1. The van der Waals surface area contributed by atoms with Crippen molar-refractivity contribution in [3.8, 4) is 11.5 Å². The summed E-state index contributed by atoms with van der Waals surface area (Å²) in [6, 6.07) is 3.71. The molecular weight excluding hydrogens is 368 g/mol. The standard InChI is InChI=1S/C23H36N2O4/c1-2-3-4-5-6-9-22(26)24-19(17-25-12-7-8-13-25)23(27)18-10-11-20-21(16-18)29-15-14-28-20/h10-11,16,19,23,27H,2-9,12-15,17H2,1H3,(H,24,26)/t19-,23-/m1/s1/i1D3,2D2,3D2,4D2,5D2,6D2. The van der Waals surface area contributed by atoms with Crippen LogP contribution in [0.4, 0.5) is 0 Å². The number of nitrogens with zero attached hydrogens (tertiary/aromatic N) is 1. The molecule has 2 atom stereocenters. The van der Waals surface area contributed by atoms with Crippen molar-refractivity contribution in [2.24, 2.45) is 0 Å². The van der Waals surface area contributed by atoms with Crippen LogP contribution in [0.1, 0.15) is 87.5 Å². The van der Waals surface area contributed by atoms with E-state index in [0.29, 0.717) is 43.4 Å². The van der Waals surface area contributed by atoms with Crippen LogP contribution < -0.4 is 14.8 Å². The molecule has 0 spiro atoms. The minimum absolute atomic E-state index is 0.152. The third-order valence-electron chi connectivity index (χ3n) is 4.81. The van der Waals surface area contributed by atoms with E-state index in [1.54, 1.807) is 18.2 Å². The molecule has 1 saturated heterocycles. The highest BCUT2D eigenvalue weighted by Gasteiger charge is 2.27. The molecule has 1 aromatic carbocycles. The summed E-state index contributed by atoms with van der Waals surface area (Å²) in [5, 5.41) is 13.7. The highest BCUT2D eigenvalue weighted by molar-refractivity contribution is 5.76. The fraction of sp³-hybridized carbons (Fsp3) is 0.696. The maximum Gasteiger partial charge on any atom is 0.220 e. The molecule has 2 aliphatic rings.